The van der Waals surface area contributed by atoms with Gasteiger partial charge in [-0.1, -0.05) is 24.1 Å². The molecule has 6 heteroatoms. The number of benzene rings is 1. The molecule has 1 fully saturated rings. The zero-order valence-electron chi connectivity index (χ0n) is 13.7. The molecule has 1 aliphatic carbocycles. The summed E-state index contributed by atoms with van der Waals surface area (Å²) in [6, 6.07) is 9.59. The number of hydrogen-bond donors (Lipinski definition) is 2. The smallest absolute Gasteiger partial charge is 0.268 e. The van der Waals surface area contributed by atoms with Crippen LogP contribution in [-0.2, 0) is 4.79 Å². The molecular weight excluding hydrogens is 339 g/mol. The predicted octanol–water partition coefficient (Wildman–Crippen LogP) is 4.21. The molecule has 0 unspecified atom stereocenters. The quantitative estimate of drug-likeness (QED) is 0.638. The molecule has 0 saturated heterocycles. The van der Waals surface area contributed by atoms with Gasteiger partial charge in [-0.2, -0.15) is 0 Å². The Bertz CT molecular complexity index is 788. The van der Waals surface area contributed by atoms with Gasteiger partial charge in [0.25, 0.3) is 11.8 Å². The van der Waals surface area contributed by atoms with Gasteiger partial charge in [0.05, 0.1) is 4.88 Å². The lowest BCUT2D eigenvalue weighted by Crippen LogP contribution is -2.40. The lowest BCUT2D eigenvalue weighted by molar-refractivity contribution is -0.117. The van der Waals surface area contributed by atoms with Crippen molar-refractivity contribution < 1.29 is 14.0 Å². The third-order valence-corrected chi connectivity index (χ3v) is 5.22. The summed E-state index contributed by atoms with van der Waals surface area (Å²) in [6.45, 7) is 0. The minimum absolute atomic E-state index is 0.298. The Kier molecular flexibility index (Phi) is 5.60. The van der Waals surface area contributed by atoms with Gasteiger partial charge < -0.3 is 0 Å². The topological polar surface area (TPSA) is 58.2 Å². The van der Waals surface area contributed by atoms with Gasteiger partial charge in [-0.3, -0.25) is 20.4 Å². The molecule has 0 bridgehead atoms. The van der Waals surface area contributed by atoms with Crippen molar-refractivity contribution in [3.05, 3.63) is 58.7 Å². The largest absolute Gasteiger partial charge is 0.279 e. The number of nitrogens with one attached hydrogen (secondary N) is 2. The molecule has 1 aromatic carbocycles. The fourth-order valence-corrected chi connectivity index (χ4v) is 3.69. The molecule has 1 aromatic heterocycles. The first-order valence-electron chi connectivity index (χ1n) is 8.27. The highest BCUT2D eigenvalue weighted by Gasteiger charge is 2.12. The Labute approximate surface area is 149 Å². The van der Waals surface area contributed by atoms with Crippen LogP contribution in [0.2, 0.25) is 0 Å². The molecule has 1 aliphatic rings. The van der Waals surface area contributed by atoms with Gasteiger partial charge >= 0.3 is 0 Å². The molecule has 1 saturated carbocycles. The standard InChI is InChI=1S/C19H19FN2O2S/c20-15-8-6-14(7-9-15)16-10-11-17(25-16)19(24)22-21-18(23)12-13-4-2-1-3-5-13/h6-12H,1-5H2,(H,21,23)(H,22,24). The van der Waals surface area contributed by atoms with Crippen molar-refractivity contribution in [1.29, 1.82) is 0 Å². The molecule has 3 rings (SSSR count). The monoisotopic (exact) mass is 358 g/mol. The number of thiophene rings is 1. The van der Waals surface area contributed by atoms with E-state index < -0.39 is 0 Å². The minimum atomic E-state index is -0.367. The molecule has 1 heterocycles. The highest BCUT2D eigenvalue weighted by atomic mass is 32.1. The normalized spacial score (nSPS) is 14.0. The van der Waals surface area contributed by atoms with Gasteiger partial charge in [-0.25, -0.2) is 4.39 Å². The summed E-state index contributed by atoms with van der Waals surface area (Å²) in [6.07, 6.45) is 6.93. The SMILES string of the molecule is O=C(C=C1CCCCC1)NNC(=O)c1ccc(-c2ccc(F)cc2)s1. The van der Waals surface area contributed by atoms with E-state index in [0.29, 0.717) is 4.88 Å². The second-order valence-electron chi connectivity index (χ2n) is 5.98. The van der Waals surface area contributed by atoms with Crippen LogP contribution >= 0.6 is 11.3 Å². The summed E-state index contributed by atoms with van der Waals surface area (Å²) in [7, 11) is 0. The number of carbonyl (C=O) groups excluding carboxylic acids is 2. The summed E-state index contributed by atoms with van der Waals surface area (Å²) in [5.41, 5.74) is 6.83. The predicted molar refractivity (Wildman–Crippen MR) is 96.5 cm³/mol. The van der Waals surface area contributed by atoms with Crippen molar-refractivity contribution in [2.24, 2.45) is 0 Å². The first-order chi connectivity index (χ1) is 12.1. The molecule has 4 nitrogen and oxygen atoms in total. The average molecular weight is 358 g/mol. The molecule has 2 amide bonds. The maximum absolute atomic E-state index is 13.0. The van der Waals surface area contributed by atoms with Crippen LogP contribution in [0.4, 0.5) is 4.39 Å². The second-order valence-corrected chi connectivity index (χ2v) is 7.06. The maximum Gasteiger partial charge on any atom is 0.279 e. The fourth-order valence-electron chi connectivity index (χ4n) is 2.78. The van der Waals surface area contributed by atoms with Crippen LogP contribution in [0, 0.1) is 5.82 Å². The third-order valence-electron chi connectivity index (χ3n) is 4.09. The van der Waals surface area contributed by atoms with Crippen LogP contribution in [-0.4, -0.2) is 11.8 Å². The average Bonchev–Trinajstić information content (AvgIpc) is 3.11. The highest BCUT2D eigenvalue weighted by molar-refractivity contribution is 7.17. The molecule has 25 heavy (non-hydrogen) atoms. The van der Waals surface area contributed by atoms with Gasteiger partial charge in [0.2, 0.25) is 0 Å². The molecule has 0 atom stereocenters. The Morgan fingerprint density at radius 1 is 0.960 bits per heavy atom. The van der Waals surface area contributed by atoms with E-state index in [0.717, 1.165) is 41.7 Å². The lowest BCUT2D eigenvalue weighted by atomic mass is 9.95. The molecule has 0 aliphatic heterocycles. The Morgan fingerprint density at radius 2 is 1.68 bits per heavy atom. The van der Waals surface area contributed by atoms with Crippen LogP contribution < -0.4 is 10.9 Å². The summed E-state index contributed by atoms with van der Waals surface area (Å²) >= 11 is 1.29. The van der Waals surface area contributed by atoms with Gasteiger partial charge in [-0.15, -0.1) is 11.3 Å². The minimum Gasteiger partial charge on any atom is -0.268 e. The zero-order chi connectivity index (χ0) is 17.6. The van der Waals surface area contributed by atoms with E-state index in [4.69, 9.17) is 0 Å². The molecule has 2 N–H and O–H groups in total. The van der Waals surface area contributed by atoms with E-state index in [1.807, 2.05) is 0 Å². The fraction of sp³-hybridized carbons (Fsp3) is 0.263. The van der Waals surface area contributed by atoms with Gasteiger partial charge in [0, 0.05) is 11.0 Å². The first kappa shape index (κ1) is 17.4. The maximum atomic E-state index is 13.0. The van der Waals surface area contributed by atoms with E-state index in [1.54, 1.807) is 30.3 Å². The summed E-state index contributed by atoms with van der Waals surface area (Å²) in [4.78, 5) is 25.4. The summed E-state index contributed by atoms with van der Waals surface area (Å²) in [5, 5.41) is 0. The van der Waals surface area contributed by atoms with E-state index in [1.165, 1.54) is 29.9 Å². The Morgan fingerprint density at radius 3 is 2.40 bits per heavy atom. The van der Waals surface area contributed by atoms with Gasteiger partial charge in [0.15, 0.2) is 0 Å². The molecule has 2 aromatic rings. The van der Waals surface area contributed by atoms with Crippen LogP contribution in [0.3, 0.4) is 0 Å². The molecule has 0 radical (unpaired) electrons. The number of rotatable bonds is 3. The molecule has 0 spiro atoms. The van der Waals surface area contributed by atoms with E-state index in [9.17, 15) is 14.0 Å². The van der Waals surface area contributed by atoms with Crippen LogP contribution in [0.5, 0.6) is 0 Å². The van der Waals surface area contributed by atoms with Crippen molar-refractivity contribution in [3.63, 3.8) is 0 Å². The lowest BCUT2D eigenvalue weighted by Gasteiger charge is -2.13. The van der Waals surface area contributed by atoms with Crippen LogP contribution in [0.1, 0.15) is 41.8 Å². The van der Waals surface area contributed by atoms with Crippen molar-refractivity contribution in [3.8, 4) is 10.4 Å². The van der Waals surface area contributed by atoms with Crippen molar-refractivity contribution >= 4 is 23.2 Å². The number of hydrazine groups is 1. The second kappa shape index (κ2) is 8.07. The van der Waals surface area contributed by atoms with E-state index >= 15 is 0 Å². The number of allylic oxidation sites excluding steroid dienone is 1. The number of halogens is 1. The van der Waals surface area contributed by atoms with Crippen molar-refractivity contribution in [1.82, 2.24) is 10.9 Å². The van der Waals surface area contributed by atoms with E-state index in [-0.39, 0.29) is 17.6 Å². The summed E-state index contributed by atoms with van der Waals surface area (Å²) in [5.74, 6) is -0.970. The molecule has 130 valence electrons. The molecular formula is C19H19FN2O2S. The van der Waals surface area contributed by atoms with E-state index in [2.05, 4.69) is 10.9 Å². The third kappa shape index (κ3) is 4.76. The van der Waals surface area contributed by atoms with Crippen molar-refractivity contribution in [2.75, 3.05) is 0 Å². The van der Waals surface area contributed by atoms with Crippen LogP contribution in [0.25, 0.3) is 10.4 Å². The number of hydrogen-bond acceptors (Lipinski definition) is 3. The number of carbonyl (C=O) groups is 2. The summed E-state index contributed by atoms with van der Waals surface area (Å²) < 4.78 is 13.0. The van der Waals surface area contributed by atoms with Crippen LogP contribution in [0.15, 0.2) is 48.0 Å². The Balaban J connectivity index is 1.56. The van der Waals surface area contributed by atoms with Crippen molar-refractivity contribution in [2.45, 2.75) is 32.1 Å². The Hall–Kier alpha value is -2.47. The highest BCUT2D eigenvalue weighted by Crippen LogP contribution is 2.28. The van der Waals surface area contributed by atoms with Gasteiger partial charge in [-0.05, 0) is 55.5 Å². The first-order valence-corrected chi connectivity index (χ1v) is 9.09. The zero-order valence-corrected chi connectivity index (χ0v) is 14.5. The van der Waals surface area contributed by atoms with Gasteiger partial charge in [0.1, 0.15) is 5.82 Å². The number of amides is 2.